The molecule has 0 amide bonds. The molecule has 1 N–H and O–H groups in total. The van der Waals surface area contributed by atoms with E-state index in [1.54, 1.807) is 6.26 Å². The summed E-state index contributed by atoms with van der Waals surface area (Å²) >= 11 is 0. The van der Waals surface area contributed by atoms with Gasteiger partial charge in [0, 0.05) is 13.1 Å². The second-order valence-corrected chi connectivity index (χ2v) is 4.15. The first kappa shape index (κ1) is 11.6. The van der Waals surface area contributed by atoms with Gasteiger partial charge in [-0.05, 0) is 25.0 Å². The minimum Gasteiger partial charge on any atom is -0.468 e. The molecule has 90 valence electrons. The van der Waals surface area contributed by atoms with Crippen LogP contribution in [0, 0.1) is 0 Å². The molecule has 1 aliphatic heterocycles. The van der Waals surface area contributed by atoms with E-state index in [2.05, 4.69) is 4.90 Å². The number of aliphatic hydroxyl groups is 1. The Kier molecular flexibility index (Phi) is 4.39. The molecule has 0 bridgehead atoms. The van der Waals surface area contributed by atoms with Crippen LogP contribution in [0.2, 0.25) is 0 Å². The SMILES string of the molecule is OCCOC1CCN(Cc2ccco2)CC1. The number of likely N-dealkylation sites (tertiary alicyclic amines) is 1. The number of aliphatic hydroxyl groups excluding tert-OH is 1. The molecule has 1 aromatic rings. The number of hydrogen-bond acceptors (Lipinski definition) is 4. The maximum absolute atomic E-state index is 8.67. The highest BCUT2D eigenvalue weighted by Crippen LogP contribution is 2.16. The Morgan fingerprint density at radius 1 is 1.44 bits per heavy atom. The summed E-state index contributed by atoms with van der Waals surface area (Å²) in [6.45, 7) is 3.54. The van der Waals surface area contributed by atoms with Crippen LogP contribution in [0.1, 0.15) is 18.6 Å². The van der Waals surface area contributed by atoms with Crippen molar-refractivity contribution in [2.45, 2.75) is 25.5 Å². The molecule has 2 rings (SSSR count). The van der Waals surface area contributed by atoms with Gasteiger partial charge in [-0.2, -0.15) is 0 Å². The van der Waals surface area contributed by atoms with Gasteiger partial charge in [-0.1, -0.05) is 0 Å². The molecule has 4 nitrogen and oxygen atoms in total. The second-order valence-electron chi connectivity index (χ2n) is 4.15. The molecule has 0 aliphatic carbocycles. The van der Waals surface area contributed by atoms with Crippen molar-refractivity contribution in [1.29, 1.82) is 0 Å². The van der Waals surface area contributed by atoms with E-state index in [4.69, 9.17) is 14.3 Å². The maximum Gasteiger partial charge on any atom is 0.117 e. The van der Waals surface area contributed by atoms with Crippen LogP contribution in [0.4, 0.5) is 0 Å². The molecule has 1 fully saturated rings. The third kappa shape index (κ3) is 3.33. The molecule has 0 aromatic carbocycles. The minimum absolute atomic E-state index is 0.118. The Balaban J connectivity index is 1.69. The first-order valence-electron chi connectivity index (χ1n) is 5.85. The van der Waals surface area contributed by atoms with E-state index in [1.807, 2.05) is 12.1 Å². The average molecular weight is 225 g/mol. The van der Waals surface area contributed by atoms with Gasteiger partial charge in [0.25, 0.3) is 0 Å². The second kappa shape index (κ2) is 6.03. The molecule has 1 aromatic heterocycles. The van der Waals surface area contributed by atoms with E-state index in [0.29, 0.717) is 12.7 Å². The fraction of sp³-hybridized carbons (Fsp3) is 0.667. The van der Waals surface area contributed by atoms with Crippen molar-refractivity contribution in [2.24, 2.45) is 0 Å². The van der Waals surface area contributed by atoms with Gasteiger partial charge in [0.15, 0.2) is 0 Å². The Labute approximate surface area is 95.8 Å². The highest BCUT2D eigenvalue weighted by Gasteiger charge is 2.19. The van der Waals surface area contributed by atoms with Gasteiger partial charge in [-0.25, -0.2) is 0 Å². The highest BCUT2D eigenvalue weighted by atomic mass is 16.5. The van der Waals surface area contributed by atoms with E-state index >= 15 is 0 Å². The lowest BCUT2D eigenvalue weighted by molar-refractivity contribution is -0.00991. The smallest absolute Gasteiger partial charge is 0.117 e. The molecule has 1 saturated heterocycles. The van der Waals surface area contributed by atoms with Crippen LogP contribution in [0.15, 0.2) is 22.8 Å². The van der Waals surface area contributed by atoms with Crippen LogP contribution >= 0.6 is 0 Å². The van der Waals surface area contributed by atoms with Crippen LogP contribution in [0.25, 0.3) is 0 Å². The molecule has 1 aliphatic rings. The number of ether oxygens (including phenoxy) is 1. The van der Waals surface area contributed by atoms with Crippen LogP contribution in [-0.4, -0.2) is 42.4 Å². The zero-order chi connectivity index (χ0) is 11.2. The van der Waals surface area contributed by atoms with Crippen molar-refractivity contribution >= 4 is 0 Å². The van der Waals surface area contributed by atoms with Gasteiger partial charge in [0.05, 0.1) is 32.1 Å². The first-order valence-corrected chi connectivity index (χ1v) is 5.85. The third-order valence-electron chi connectivity index (χ3n) is 2.94. The molecule has 2 heterocycles. The average Bonchev–Trinajstić information content (AvgIpc) is 2.81. The standard InChI is InChI=1S/C12H19NO3/c14-7-9-16-11-3-5-13(6-4-11)10-12-2-1-8-15-12/h1-2,8,11,14H,3-7,9-10H2. The van der Waals surface area contributed by atoms with Gasteiger partial charge < -0.3 is 14.3 Å². The van der Waals surface area contributed by atoms with E-state index in [1.165, 1.54) is 0 Å². The summed E-state index contributed by atoms with van der Waals surface area (Å²) in [5.74, 6) is 1.02. The zero-order valence-corrected chi connectivity index (χ0v) is 9.47. The molecule has 4 heteroatoms. The van der Waals surface area contributed by atoms with Crippen molar-refractivity contribution in [3.05, 3.63) is 24.2 Å². The zero-order valence-electron chi connectivity index (χ0n) is 9.47. The molecular formula is C12H19NO3. The molecule has 0 spiro atoms. The van der Waals surface area contributed by atoms with Crippen molar-refractivity contribution in [1.82, 2.24) is 4.90 Å². The Morgan fingerprint density at radius 3 is 2.88 bits per heavy atom. The molecule has 0 saturated carbocycles. The van der Waals surface area contributed by atoms with Crippen LogP contribution in [-0.2, 0) is 11.3 Å². The lowest BCUT2D eigenvalue weighted by Gasteiger charge is -2.31. The predicted octanol–water partition coefficient (Wildman–Crippen LogP) is 1.25. The molecule has 16 heavy (non-hydrogen) atoms. The van der Waals surface area contributed by atoms with Crippen LogP contribution in [0.3, 0.4) is 0 Å². The predicted molar refractivity (Wildman–Crippen MR) is 60.0 cm³/mol. The van der Waals surface area contributed by atoms with Gasteiger partial charge in [-0.15, -0.1) is 0 Å². The monoisotopic (exact) mass is 225 g/mol. The maximum atomic E-state index is 8.67. The topological polar surface area (TPSA) is 45.8 Å². The summed E-state index contributed by atoms with van der Waals surface area (Å²) in [6, 6.07) is 3.93. The Bertz CT molecular complexity index is 278. The number of nitrogens with zero attached hydrogens (tertiary/aromatic N) is 1. The molecule has 0 radical (unpaired) electrons. The normalized spacial score (nSPS) is 19.1. The van der Waals surface area contributed by atoms with Crippen molar-refractivity contribution in [3.8, 4) is 0 Å². The third-order valence-corrected chi connectivity index (χ3v) is 2.94. The lowest BCUT2D eigenvalue weighted by Crippen LogP contribution is -2.36. The largest absolute Gasteiger partial charge is 0.468 e. The summed E-state index contributed by atoms with van der Waals surface area (Å²) in [5.41, 5.74) is 0. The van der Waals surface area contributed by atoms with Gasteiger partial charge in [-0.3, -0.25) is 4.90 Å². The summed E-state index contributed by atoms with van der Waals surface area (Å²) in [6.07, 6.45) is 4.12. The van der Waals surface area contributed by atoms with Crippen molar-refractivity contribution in [3.63, 3.8) is 0 Å². The van der Waals surface area contributed by atoms with Crippen molar-refractivity contribution < 1.29 is 14.3 Å². The molecular weight excluding hydrogens is 206 g/mol. The van der Waals surface area contributed by atoms with Gasteiger partial charge >= 0.3 is 0 Å². The number of hydrogen-bond donors (Lipinski definition) is 1. The van der Waals surface area contributed by atoms with Crippen LogP contribution in [0.5, 0.6) is 0 Å². The van der Waals surface area contributed by atoms with E-state index in [0.717, 1.165) is 38.2 Å². The van der Waals surface area contributed by atoms with E-state index < -0.39 is 0 Å². The van der Waals surface area contributed by atoms with Crippen molar-refractivity contribution in [2.75, 3.05) is 26.3 Å². The van der Waals surface area contributed by atoms with Gasteiger partial charge in [0.2, 0.25) is 0 Å². The quantitative estimate of drug-likeness (QED) is 0.819. The lowest BCUT2D eigenvalue weighted by atomic mass is 10.1. The van der Waals surface area contributed by atoms with E-state index in [-0.39, 0.29) is 6.61 Å². The number of furan rings is 1. The fourth-order valence-corrected chi connectivity index (χ4v) is 2.08. The Hall–Kier alpha value is -0.840. The summed E-state index contributed by atoms with van der Waals surface area (Å²) < 4.78 is 10.8. The number of piperidine rings is 1. The Morgan fingerprint density at radius 2 is 2.25 bits per heavy atom. The van der Waals surface area contributed by atoms with Gasteiger partial charge in [0.1, 0.15) is 5.76 Å². The highest BCUT2D eigenvalue weighted by molar-refractivity contribution is 4.98. The molecule has 0 atom stereocenters. The fourth-order valence-electron chi connectivity index (χ4n) is 2.08. The molecule has 0 unspecified atom stereocenters. The number of rotatable bonds is 5. The summed E-state index contributed by atoms with van der Waals surface area (Å²) in [7, 11) is 0. The minimum atomic E-state index is 0.118. The van der Waals surface area contributed by atoms with Crippen LogP contribution < -0.4 is 0 Å². The van der Waals surface area contributed by atoms with E-state index in [9.17, 15) is 0 Å². The summed E-state index contributed by atoms with van der Waals surface area (Å²) in [4.78, 5) is 2.37. The summed E-state index contributed by atoms with van der Waals surface area (Å²) in [5, 5.41) is 8.67. The first-order chi connectivity index (χ1) is 7.88.